The van der Waals surface area contributed by atoms with Crippen molar-refractivity contribution in [3.8, 4) is 11.5 Å². The predicted octanol–water partition coefficient (Wildman–Crippen LogP) is 2.99. The van der Waals surface area contributed by atoms with E-state index in [0.29, 0.717) is 30.4 Å². The van der Waals surface area contributed by atoms with Crippen LogP contribution in [0.15, 0.2) is 83.8 Å². The van der Waals surface area contributed by atoms with Crippen LogP contribution in [0.5, 0.6) is 11.5 Å². The largest absolute Gasteiger partial charge is 0.486 e. The normalized spacial score (nSPS) is 13.9. The van der Waals surface area contributed by atoms with Gasteiger partial charge in [-0.05, 0) is 36.2 Å². The molecule has 1 aliphatic heterocycles. The molecular formula is C23H22N2O5S. The van der Waals surface area contributed by atoms with E-state index in [1.54, 1.807) is 36.4 Å². The molecule has 1 atom stereocenters. The van der Waals surface area contributed by atoms with Crippen molar-refractivity contribution in [1.29, 1.82) is 0 Å². The Morgan fingerprint density at radius 3 is 2.23 bits per heavy atom. The van der Waals surface area contributed by atoms with Crippen LogP contribution in [-0.4, -0.2) is 33.6 Å². The Kier molecular flexibility index (Phi) is 6.20. The Bertz CT molecular complexity index is 1150. The minimum Gasteiger partial charge on any atom is -0.486 e. The number of benzene rings is 3. The molecule has 3 aromatic rings. The summed E-state index contributed by atoms with van der Waals surface area (Å²) in [6.45, 7) is 0.900. The van der Waals surface area contributed by atoms with Gasteiger partial charge in [0.15, 0.2) is 11.5 Å². The van der Waals surface area contributed by atoms with Gasteiger partial charge in [0, 0.05) is 11.8 Å². The Morgan fingerprint density at radius 2 is 1.52 bits per heavy atom. The van der Waals surface area contributed by atoms with Gasteiger partial charge >= 0.3 is 0 Å². The van der Waals surface area contributed by atoms with Crippen LogP contribution in [0.4, 0.5) is 5.69 Å². The lowest BCUT2D eigenvalue weighted by Crippen LogP contribution is -2.45. The molecule has 7 nitrogen and oxygen atoms in total. The number of anilines is 1. The Hall–Kier alpha value is -3.36. The predicted molar refractivity (Wildman–Crippen MR) is 117 cm³/mol. The number of nitrogens with one attached hydrogen (secondary N) is 2. The third-order valence-corrected chi connectivity index (χ3v) is 6.25. The number of amides is 1. The van der Waals surface area contributed by atoms with E-state index in [2.05, 4.69) is 10.0 Å². The molecule has 0 saturated carbocycles. The quantitative estimate of drug-likeness (QED) is 0.592. The maximum atomic E-state index is 13.1. The number of fused-ring (bicyclic) bond motifs is 1. The number of carbonyl (C=O) groups excluding carboxylic acids is 1. The summed E-state index contributed by atoms with van der Waals surface area (Å²) in [5.74, 6) is 0.670. The van der Waals surface area contributed by atoms with Gasteiger partial charge in [-0.1, -0.05) is 48.5 Å². The molecule has 8 heteroatoms. The molecule has 3 aromatic carbocycles. The molecule has 1 aliphatic rings. The van der Waals surface area contributed by atoms with Gasteiger partial charge in [-0.15, -0.1) is 0 Å². The van der Waals surface area contributed by atoms with Gasteiger partial charge in [-0.25, -0.2) is 8.42 Å². The smallest absolute Gasteiger partial charge is 0.242 e. The highest BCUT2D eigenvalue weighted by atomic mass is 32.2. The fourth-order valence-corrected chi connectivity index (χ4v) is 4.46. The molecule has 0 bridgehead atoms. The van der Waals surface area contributed by atoms with Gasteiger partial charge < -0.3 is 14.8 Å². The molecule has 2 N–H and O–H groups in total. The molecule has 0 unspecified atom stereocenters. The van der Waals surface area contributed by atoms with E-state index in [-0.39, 0.29) is 11.3 Å². The van der Waals surface area contributed by atoms with E-state index in [1.165, 1.54) is 12.1 Å². The van der Waals surface area contributed by atoms with E-state index in [9.17, 15) is 13.2 Å². The Labute approximate surface area is 181 Å². The van der Waals surface area contributed by atoms with Gasteiger partial charge in [0.2, 0.25) is 15.9 Å². The molecule has 0 saturated heterocycles. The fourth-order valence-electron chi connectivity index (χ4n) is 3.24. The topological polar surface area (TPSA) is 93.7 Å². The van der Waals surface area contributed by atoms with Crippen molar-refractivity contribution in [2.24, 2.45) is 0 Å². The highest BCUT2D eigenvalue weighted by Crippen LogP contribution is 2.32. The zero-order valence-corrected chi connectivity index (χ0v) is 17.5. The standard InChI is InChI=1S/C23H22N2O5S/c26-23(24-18-11-12-21-22(16-18)30-14-13-29-21)20(15-17-7-3-1-4-8-17)25-31(27,28)19-9-5-2-6-10-19/h1-12,16,20,25H,13-15H2,(H,24,26)/t20-/m1/s1. The lowest BCUT2D eigenvalue weighted by atomic mass is 10.1. The van der Waals surface area contributed by atoms with Crippen molar-refractivity contribution < 1.29 is 22.7 Å². The monoisotopic (exact) mass is 438 g/mol. The summed E-state index contributed by atoms with van der Waals surface area (Å²) in [6, 6.07) is 21.3. The van der Waals surface area contributed by atoms with Crippen LogP contribution < -0.4 is 19.5 Å². The highest BCUT2D eigenvalue weighted by Gasteiger charge is 2.26. The van der Waals surface area contributed by atoms with Crippen molar-refractivity contribution >= 4 is 21.6 Å². The van der Waals surface area contributed by atoms with E-state index < -0.39 is 22.0 Å². The van der Waals surface area contributed by atoms with Crippen molar-refractivity contribution in [1.82, 2.24) is 4.72 Å². The average Bonchev–Trinajstić information content (AvgIpc) is 2.80. The SMILES string of the molecule is O=C(Nc1ccc2c(c1)OCCO2)[C@@H](Cc1ccccc1)NS(=O)(=O)c1ccccc1. The maximum Gasteiger partial charge on any atom is 0.242 e. The summed E-state index contributed by atoms with van der Waals surface area (Å²) in [7, 11) is -3.89. The first-order chi connectivity index (χ1) is 15.0. The molecular weight excluding hydrogens is 416 g/mol. The van der Waals surface area contributed by atoms with E-state index in [0.717, 1.165) is 5.56 Å². The van der Waals surface area contributed by atoms with E-state index in [4.69, 9.17) is 9.47 Å². The number of carbonyl (C=O) groups is 1. The second-order valence-electron chi connectivity index (χ2n) is 7.02. The minimum atomic E-state index is -3.89. The van der Waals surface area contributed by atoms with Gasteiger partial charge in [0.1, 0.15) is 19.3 Å². The van der Waals surface area contributed by atoms with Crippen molar-refractivity contribution in [3.63, 3.8) is 0 Å². The van der Waals surface area contributed by atoms with Crippen molar-refractivity contribution in [3.05, 3.63) is 84.4 Å². The molecule has 0 aromatic heterocycles. The Morgan fingerprint density at radius 1 is 0.871 bits per heavy atom. The second-order valence-corrected chi connectivity index (χ2v) is 8.74. The second kappa shape index (κ2) is 9.20. The van der Waals surface area contributed by atoms with Crippen molar-refractivity contribution in [2.45, 2.75) is 17.4 Å². The van der Waals surface area contributed by atoms with Gasteiger partial charge in [-0.2, -0.15) is 4.72 Å². The minimum absolute atomic E-state index is 0.0974. The van der Waals surface area contributed by atoms with Crippen LogP contribution >= 0.6 is 0 Å². The first kappa shape index (κ1) is 20.9. The molecule has 1 amide bonds. The van der Waals surface area contributed by atoms with E-state index in [1.807, 2.05) is 30.3 Å². The van der Waals surface area contributed by atoms with Gasteiger partial charge in [0.25, 0.3) is 0 Å². The maximum absolute atomic E-state index is 13.1. The van der Waals surface area contributed by atoms with Crippen LogP contribution in [-0.2, 0) is 21.2 Å². The highest BCUT2D eigenvalue weighted by molar-refractivity contribution is 7.89. The first-order valence-electron chi connectivity index (χ1n) is 9.83. The summed E-state index contributed by atoms with van der Waals surface area (Å²) in [4.78, 5) is 13.2. The number of ether oxygens (including phenoxy) is 2. The van der Waals surface area contributed by atoms with E-state index >= 15 is 0 Å². The Balaban J connectivity index is 1.57. The summed E-state index contributed by atoms with van der Waals surface area (Å²) < 4.78 is 39.3. The van der Waals surface area contributed by atoms with Crippen LogP contribution in [0.2, 0.25) is 0 Å². The lowest BCUT2D eigenvalue weighted by molar-refractivity contribution is -0.117. The number of hydrogen-bond donors (Lipinski definition) is 2. The van der Waals surface area contributed by atoms with Crippen LogP contribution in [0.1, 0.15) is 5.56 Å². The lowest BCUT2D eigenvalue weighted by Gasteiger charge is -2.21. The summed E-state index contributed by atoms with van der Waals surface area (Å²) in [6.07, 6.45) is 0.198. The van der Waals surface area contributed by atoms with Crippen molar-refractivity contribution in [2.75, 3.05) is 18.5 Å². The molecule has 0 spiro atoms. The van der Waals surface area contributed by atoms with Gasteiger partial charge in [-0.3, -0.25) is 4.79 Å². The number of rotatable bonds is 7. The summed E-state index contributed by atoms with van der Waals surface area (Å²) in [5, 5.41) is 2.79. The van der Waals surface area contributed by atoms with Crippen LogP contribution in [0.25, 0.3) is 0 Å². The average molecular weight is 439 g/mol. The fraction of sp³-hybridized carbons (Fsp3) is 0.174. The molecule has 4 rings (SSSR count). The summed E-state index contributed by atoms with van der Waals surface area (Å²) in [5.41, 5.74) is 1.33. The van der Waals surface area contributed by atoms with Crippen LogP contribution in [0, 0.1) is 0 Å². The third-order valence-electron chi connectivity index (χ3n) is 4.76. The number of sulfonamides is 1. The zero-order chi connectivity index (χ0) is 21.7. The molecule has 0 aliphatic carbocycles. The molecule has 0 fully saturated rings. The molecule has 0 radical (unpaired) electrons. The molecule has 31 heavy (non-hydrogen) atoms. The molecule has 1 heterocycles. The molecule has 160 valence electrons. The third kappa shape index (κ3) is 5.22. The summed E-state index contributed by atoms with van der Waals surface area (Å²) >= 11 is 0. The number of hydrogen-bond acceptors (Lipinski definition) is 5. The van der Waals surface area contributed by atoms with Crippen LogP contribution in [0.3, 0.4) is 0 Å². The zero-order valence-electron chi connectivity index (χ0n) is 16.7. The van der Waals surface area contributed by atoms with Gasteiger partial charge in [0.05, 0.1) is 4.90 Å². The first-order valence-corrected chi connectivity index (χ1v) is 11.3.